The average molecular weight is 435 g/mol. The van der Waals surface area contributed by atoms with E-state index in [1.165, 1.54) is 116 Å². The van der Waals surface area contributed by atoms with E-state index in [1.54, 1.807) is 0 Å². The van der Waals surface area contributed by atoms with Crippen molar-refractivity contribution in [2.45, 2.75) is 121 Å². The average Bonchev–Trinajstić information content (AvgIpc) is 2.70. The van der Waals surface area contributed by atoms with Gasteiger partial charge >= 0.3 is 0 Å². The van der Waals surface area contributed by atoms with E-state index < -0.39 is 0 Å². The molecular formula is C31H46O. The first-order chi connectivity index (χ1) is 15.5. The standard InChI is InChI=1S/C31H46O/c32-31(28-10-19-1-20(11-28)3-21(2-19)12-28,29-13-22-4-23(14-29)6-24(5-22)15-29)30-16-25-7-26(17-30)9-27(8-25)18-30/h19-27,32H,1-18H2. The summed E-state index contributed by atoms with van der Waals surface area (Å²) in [6.45, 7) is 0. The zero-order valence-electron chi connectivity index (χ0n) is 20.4. The molecule has 1 heteroatoms. The third-order valence-electron chi connectivity index (χ3n) is 14.4. The fourth-order valence-corrected chi connectivity index (χ4v) is 15.3. The summed E-state index contributed by atoms with van der Waals surface area (Å²) in [4.78, 5) is 0. The SMILES string of the molecule is OC(C12CC3CC(CC(C3)C1)C2)(C12CC3CC(CC(C3)C1)C2)C12CC3CC(CC(C3)C1)C2. The van der Waals surface area contributed by atoms with Crippen LogP contribution in [0.3, 0.4) is 0 Å². The van der Waals surface area contributed by atoms with Gasteiger partial charge in [-0.15, -0.1) is 0 Å². The minimum Gasteiger partial charge on any atom is -0.388 e. The van der Waals surface area contributed by atoms with Gasteiger partial charge in [0.15, 0.2) is 0 Å². The van der Waals surface area contributed by atoms with Crippen molar-refractivity contribution in [1.29, 1.82) is 0 Å². The lowest BCUT2D eigenvalue weighted by Gasteiger charge is -2.77. The Labute approximate surface area is 195 Å². The lowest BCUT2D eigenvalue weighted by atomic mass is 9.29. The van der Waals surface area contributed by atoms with Crippen LogP contribution in [0.5, 0.6) is 0 Å². The summed E-state index contributed by atoms with van der Waals surface area (Å²) in [7, 11) is 0. The van der Waals surface area contributed by atoms with Gasteiger partial charge in [-0.1, -0.05) is 0 Å². The molecule has 0 spiro atoms. The Kier molecular flexibility index (Phi) is 3.50. The lowest BCUT2D eigenvalue weighted by molar-refractivity contribution is -0.340. The van der Waals surface area contributed by atoms with Crippen LogP contribution in [0.25, 0.3) is 0 Å². The van der Waals surface area contributed by atoms with Crippen molar-refractivity contribution in [3.8, 4) is 0 Å². The summed E-state index contributed by atoms with van der Waals surface area (Å²) < 4.78 is 0. The largest absolute Gasteiger partial charge is 0.388 e. The second kappa shape index (κ2) is 5.84. The predicted molar refractivity (Wildman–Crippen MR) is 127 cm³/mol. The number of aliphatic hydroxyl groups is 1. The zero-order chi connectivity index (χ0) is 20.9. The van der Waals surface area contributed by atoms with E-state index in [0.29, 0.717) is 16.2 Å². The van der Waals surface area contributed by atoms with Crippen molar-refractivity contribution < 1.29 is 5.11 Å². The fourth-order valence-electron chi connectivity index (χ4n) is 15.3. The first-order valence-electron chi connectivity index (χ1n) is 15.2. The Hall–Kier alpha value is -0.0400. The molecule has 12 saturated carbocycles. The molecule has 0 saturated heterocycles. The fraction of sp³-hybridized carbons (Fsp3) is 1.00. The van der Waals surface area contributed by atoms with Crippen molar-refractivity contribution in [2.75, 3.05) is 0 Å². The van der Waals surface area contributed by atoms with Gasteiger partial charge in [0, 0.05) is 16.2 Å². The van der Waals surface area contributed by atoms with E-state index in [9.17, 15) is 5.11 Å². The second-order valence-electron chi connectivity index (χ2n) is 16.3. The Balaban J connectivity index is 1.25. The predicted octanol–water partition coefficient (Wildman–Crippen LogP) is 7.37. The van der Waals surface area contributed by atoms with E-state index in [4.69, 9.17) is 0 Å². The van der Waals surface area contributed by atoms with Crippen LogP contribution in [0.1, 0.15) is 116 Å². The van der Waals surface area contributed by atoms with Gasteiger partial charge in [0.05, 0.1) is 5.60 Å². The summed E-state index contributed by atoms with van der Waals surface area (Å²) in [5, 5.41) is 14.1. The molecule has 0 aromatic carbocycles. The summed E-state index contributed by atoms with van der Waals surface area (Å²) in [5.74, 6) is 8.71. The molecule has 0 radical (unpaired) electrons. The highest BCUT2D eigenvalue weighted by atomic mass is 16.3. The molecule has 0 aromatic rings. The molecule has 0 aliphatic heterocycles. The summed E-state index contributed by atoms with van der Waals surface area (Å²) in [6.07, 6.45) is 26.6. The third kappa shape index (κ3) is 2.16. The first-order valence-corrected chi connectivity index (χ1v) is 15.2. The maximum Gasteiger partial charge on any atom is 0.0816 e. The highest BCUT2D eigenvalue weighted by Gasteiger charge is 2.77. The molecule has 12 aliphatic carbocycles. The Bertz CT molecular complexity index is 622. The van der Waals surface area contributed by atoms with Gasteiger partial charge in [-0.05, 0) is 169 Å². The van der Waals surface area contributed by atoms with Gasteiger partial charge in [-0.25, -0.2) is 0 Å². The Morgan fingerprint density at radius 1 is 0.344 bits per heavy atom. The van der Waals surface area contributed by atoms with Crippen LogP contribution >= 0.6 is 0 Å². The van der Waals surface area contributed by atoms with Crippen molar-refractivity contribution in [1.82, 2.24) is 0 Å². The summed E-state index contributed by atoms with van der Waals surface area (Å²) in [6, 6.07) is 0. The van der Waals surface area contributed by atoms with Crippen LogP contribution in [0.15, 0.2) is 0 Å². The first kappa shape index (κ1) is 19.2. The number of hydrogen-bond donors (Lipinski definition) is 1. The smallest absolute Gasteiger partial charge is 0.0816 e. The minimum atomic E-state index is -0.324. The molecule has 12 rings (SSSR count). The topological polar surface area (TPSA) is 20.2 Å². The van der Waals surface area contributed by atoms with E-state index >= 15 is 0 Å². The highest BCUT2D eigenvalue weighted by molar-refractivity contribution is 5.27. The van der Waals surface area contributed by atoms with Crippen LogP contribution in [0.2, 0.25) is 0 Å². The molecule has 32 heavy (non-hydrogen) atoms. The van der Waals surface area contributed by atoms with Crippen LogP contribution < -0.4 is 0 Å². The Morgan fingerprint density at radius 3 is 0.656 bits per heavy atom. The van der Waals surface area contributed by atoms with Gasteiger partial charge in [-0.2, -0.15) is 0 Å². The molecule has 0 unspecified atom stereocenters. The third-order valence-corrected chi connectivity index (χ3v) is 14.4. The van der Waals surface area contributed by atoms with E-state index in [0.717, 1.165) is 53.3 Å². The molecule has 12 bridgehead atoms. The second-order valence-corrected chi connectivity index (χ2v) is 16.3. The number of hydrogen-bond acceptors (Lipinski definition) is 1. The summed E-state index contributed by atoms with van der Waals surface area (Å²) >= 11 is 0. The van der Waals surface area contributed by atoms with Crippen LogP contribution in [0, 0.1) is 69.5 Å². The molecule has 1 N–H and O–H groups in total. The van der Waals surface area contributed by atoms with Crippen LogP contribution in [-0.2, 0) is 0 Å². The van der Waals surface area contributed by atoms with Gasteiger partial charge in [0.2, 0.25) is 0 Å². The molecule has 12 fully saturated rings. The Morgan fingerprint density at radius 2 is 0.500 bits per heavy atom. The van der Waals surface area contributed by atoms with E-state index in [-0.39, 0.29) is 5.60 Å². The van der Waals surface area contributed by atoms with Gasteiger partial charge in [-0.3, -0.25) is 0 Å². The molecule has 176 valence electrons. The van der Waals surface area contributed by atoms with Crippen LogP contribution in [-0.4, -0.2) is 10.7 Å². The molecule has 0 amide bonds. The minimum absolute atomic E-state index is 0.305. The molecular weight excluding hydrogens is 388 g/mol. The zero-order valence-corrected chi connectivity index (χ0v) is 20.4. The summed E-state index contributed by atoms with van der Waals surface area (Å²) in [5.41, 5.74) is 0.590. The van der Waals surface area contributed by atoms with Gasteiger partial charge < -0.3 is 5.11 Å². The van der Waals surface area contributed by atoms with Crippen molar-refractivity contribution in [3.63, 3.8) is 0 Å². The van der Waals surface area contributed by atoms with Crippen LogP contribution in [0.4, 0.5) is 0 Å². The van der Waals surface area contributed by atoms with Crippen molar-refractivity contribution in [3.05, 3.63) is 0 Å². The van der Waals surface area contributed by atoms with Crippen molar-refractivity contribution >= 4 is 0 Å². The van der Waals surface area contributed by atoms with Gasteiger partial charge in [0.1, 0.15) is 0 Å². The lowest BCUT2D eigenvalue weighted by Crippen LogP contribution is -2.76. The van der Waals surface area contributed by atoms with E-state index in [1.807, 2.05) is 0 Å². The van der Waals surface area contributed by atoms with E-state index in [2.05, 4.69) is 0 Å². The maximum absolute atomic E-state index is 14.1. The molecule has 0 aromatic heterocycles. The van der Waals surface area contributed by atoms with Crippen molar-refractivity contribution in [2.24, 2.45) is 69.5 Å². The molecule has 0 heterocycles. The molecule has 0 atom stereocenters. The normalized spacial score (nSPS) is 65.0. The van der Waals surface area contributed by atoms with Gasteiger partial charge in [0.25, 0.3) is 0 Å². The molecule has 1 nitrogen and oxygen atoms in total. The molecule has 12 aliphatic rings. The maximum atomic E-state index is 14.1. The number of rotatable bonds is 3. The monoisotopic (exact) mass is 434 g/mol. The highest BCUT2D eigenvalue weighted by Crippen LogP contribution is 2.80. The quantitative estimate of drug-likeness (QED) is 0.492.